The number of non-ortho nitro benzene ring substituents is 1. The van der Waals surface area contributed by atoms with E-state index in [4.69, 9.17) is 0 Å². The topological polar surface area (TPSA) is 78.7 Å². The molecule has 2 saturated heterocycles. The Morgan fingerprint density at radius 3 is 2.52 bits per heavy atom. The van der Waals surface area contributed by atoms with E-state index in [-0.39, 0.29) is 11.6 Å². The summed E-state index contributed by atoms with van der Waals surface area (Å²) < 4.78 is 0. The molecule has 136 valence electrons. The number of hydrogen-bond acceptors (Lipinski definition) is 5. The monoisotopic (exact) mass is 346 g/mol. The van der Waals surface area contributed by atoms with Crippen LogP contribution in [0.2, 0.25) is 0 Å². The van der Waals surface area contributed by atoms with E-state index >= 15 is 0 Å². The van der Waals surface area contributed by atoms with E-state index in [0.29, 0.717) is 18.3 Å². The molecule has 2 aliphatic rings. The van der Waals surface area contributed by atoms with Crippen molar-refractivity contribution in [3.63, 3.8) is 0 Å². The number of nitro benzene ring substituents is 1. The quantitative estimate of drug-likeness (QED) is 0.632. The standard InChI is InChI=1S/C18H26N4O3/c23-18(19-15-6-8-16(9-7-15)22(24)25)14-21-12-4-5-17(21)13-20-10-2-1-3-11-20/h6-9,17H,1-5,10-14H2,(H,19,23)/t17-/m1/s1. The van der Waals surface area contributed by atoms with E-state index in [2.05, 4.69) is 15.1 Å². The number of anilines is 1. The molecule has 1 N–H and O–H groups in total. The summed E-state index contributed by atoms with van der Waals surface area (Å²) in [6.45, 7) is 4.77. The Morgan fingerprint density at radius 2 is 1.84 bits per heavy atom. The second-order valence-corrected chi connectivity index (χ2v) is 6.98. The van der Waals surface area contributed by atoms with E-state index in [9.17, 15) is 14.9 Å². The molecule has 2 heterocycles. The maximum atomic E-state index is 12.3. The maximum absolute atomic E-state index is 12.3. The second kappa shape index (κ2) is 8.40. The van der Waals surface area contributed by atoms with Crippen LogP contribution in [0.5, 0.6) is 0 Å². The molecule has 0 unspecified atom stereocenters. The Morgan fingerprint density at radius 1 is 1.12 bits per heavy atom. The van der Waals surface area contributed by atoms with Gasteiger partial charge in [0.15, 0.2) is 0 Å². The van der Waals surface area contributed by atoms with Crippen molar-refractivity contribution in [2.75, 3.05) is 38.0 Å². The third-order valence-corrected chi connectivity index (χ3v) is 5.13. The highest BCUT2D eigenvalue weighted by molar-refractivity contribution is 5.92. The number of nitrogens with one attached hydrogen (secondary N) is 1. The first-order valence-corrected chi connectivity index (χ1v) is 9.12. The predicted octanol–water partition coefficient (Wildman–Crippen LogP) is 2.48. The predicted molar refractivity (Wildman–Crippen MR) is 96.6 cm³/mol. The van der Waals surface area contributed by atoms with Crippen LogP contribution in [-0.4, -0.2) is 59.4 Å². The summed E-state index contributed by atoms with van der Waals surface area (Å²) >= 11 is 0. The highest BCUT2D eigenvalue weighted by Gasteiger charge is 2.28. The zero-order chi connectivity index (χ0) is 17.6. The molecule has 2 aliphatic heterocycles. The van der Waals surface area contributed by atoms with Gasteiger partial charge in [0.1, 0.15) is 0 Å². The van der Waals surface area contributed by atoms with Gasteiger partial charge in [-0.2, -0.15) is 0 Å². The Kier molecular flexibility index (Phi) is 5.99. The Labute approximate surface area is 148 Å². The lowest BCUT2D eigenvalue weighted by Gasteiger charge is -2.32. The van der Waals surface area contributed by atoms with Crippen LogP contribution in [0.15, 0.2) is 24.3 Å². The van der Waals surface area contributed by atoms with Crippen LogP contribution in [0, 0.1) is 10.1 Å². The molecule has 2 fully saturated rings. The molecule has 7 heteroatoms. The minimum Gasteiger partial charge on any atom is -0.325 e. The first-order valence-electron chi connectivity index (χ1n) is 9.12. The number of nitrogens with zero attached hydrogens (tertiary/aromatic N) is 3. The van der Waals surface area contributed by atoms with E-state index in [1.807, 2.05) is 0 Å². The number of likely N-dealkylation sites (tertiary alicyclic amines) is 2. The van der Waals surface area contributed by atoms with Gasteiger partial charge in [-0.1, -0.05) is 6.42 Å². The van der Waals surface area contributed by atoms with Crippen molar-refractivity contribution in [2.24, 2.45) is 0 Å². The molecule has 0 bridgehead atoms. The van der Waals surface area contributed by atoms with E-state index in [0.717, 1.165) is 25.9 Å². The number of rotatable bonds is 6. The molecule has 0 aliphatic carbocycles. The van der Waals surface area contributed by atoms with Crippen molar-refractivity contribution in [1.29, 1.82) is 0 Å². The van der Waals surface area contributed by atoms with Gasteiger partial charge in [-0.05, 0) is 57.5 Å². The first kappa shape index (κ1) is 17.8. The lowest BCUT2D eigenvalue weighted by atomic mass is 10.1. The zero-order valence-corrected chi connectivity index (χ0v) is 14.5. The number of carbonyl (C=O) groups excluding carboxylic acids is 1. The van der Waals surface area contributed by atoms with Crippen molar-refractivity contribution in [3.8, 4) is 0 Å². The summed E-state index contributed by atoms with van der Waals surface area (Å²) in [4.78, 5) is 27.4. The van der Waals surface area contributed by atoms with Crippen LogP contribution in [0.1, 0.15) is 32.1 Å². The van der Waals surface area contributed by atoms with Gasteiger partial charge in [-0.15, -0.1) is 0 Å². The summed E-state index contributed by atoms with van der Waals surface area (Å²) in [6.07, 6.45) is 6.20. The van der Waals surface area contributed by atoms with Crippen LogP contribution in [0.4, 0.5) is 11.4 Å². The highest BCUT2D eigenvalue weighted by Crippen LogP contribution is 2.20. The SMILES string of the molecule is O=C(CN1CCC[C@@H]1CN1CCCCC1)Nc1ccc([N+](=O)[O-])cc1. The van der Waals surface area contributed by atoms with Crippen molar-refractivity contribution < 1.29 is 9.72 Å². The average Bonchev–Trinajstić information content (AvgIpc) is 3.03. The molecule has 0 aromatic heterocycles. The smallest absolute Gasteiger partial charge is 0.269 e. The summed E-state index contributed by atoms with van der Waals surface area (Å²) in [5.41, 5.74) is 0.626. The molecular weight excluding hydrogens is 320 g/mol. The fourth-order valence-electron chi connectivity index (χ4n) is 3.80. The Hall–Kier alpha value is -1.99. The molecule has 1 aromatic rings. The number of hydrogen-bond donors (Lipinski definition) is 1. The maximum Gasteiger partial charge on any atom is 0.269 e. The normalized spacial score (nSPS) is 22.0. The van der Waals surface area contributed by atoms with Gasteiger partial charge in [0.2, 0.25) is 5.91 Å². The van der Waals surface area contributed by atoms with E-state index < -0.39 is 4.92 Å². The minimum atomic E-state index is -0.443. The molecular formula is C18H26N4O3. The highest BCUT2D eigenvalue weighted by atomic mass is 16.6. The van der Waals surface area contributed by atoms with Crippen molar-refractivity contribution in [3.05, 3.63) is 34.4 Å². The molecule has 7 nitrogen and oxygen atoms in total. The number of piperidine rings is 1. The fourth-order valence-corrected chi connectivity index (χ4v) is 3.80. The molecule has 1 aromatic carbocycles. The van der Waals surface area contributed by atoms with Gasteiger partial charge in [-0.3, -0.25) is 19.8 Å². The van der Waals surface area contributed by atoms with Crippen LogP contribution < -0.4 is 5.32 Å². The van der Waals surface area contributed by atoms with Gasteiger partial charge < -0.3 is 10.2 Å². The number of carbonyl (C=O) groups is 1. The summed E-state index contributed by atoms with van der Waals surface area (Å²) in [5, 5.41) is 13.5. The van der Waals surface area contributed by atoms with Gasteiger partial charge in [-0.25, -0.2) is 0 Å². The van der Waals surface area contributed by atoms with Crippen LogP contribution in [0.3, 0.4) is 0 Å². The van der Waals surface area contributed by atoms with E-state index in [1.165, 1.54) is 44.5 Å². The lowest BCUT2D eigenvalue weighted by molar-refractivity contribution is -0.384. The minimum absolute atomic E-state index is 0.0270. The molecule has 0 spiro atoms. The van der Waals surface area contributed by atoms with Crippen LogP contribution in [-0.2, 0) is 4.79 Å². The zero-order valence-electron chi connectivity index (χ0n) is 14.5. The third-order valence-electron chi connectivity index (χ3n) is 5.13. The number of benzene rings is 1. The molecule has 0 saturated carbocycles. The first-order chi connectivity index (χ1) is 12.1. The van der Waals surface area contributed by atoms with E-state index in [1.54, 1.807) is 12.1 Å². The van der Waals surface area contributed by atoms with Crippen molar-refractivity contribution in [2.45, 2.75) is 38.1 Å². The van der Waals surface area contributed by atoms with Crippen molar-refractivity contribution >= 4 is 17.3 Å². The molecule has 1 atom stereocenters. The Bertz CT molecular complexity index is 599. The van der Waals surface area contributed by atoms with Gasteiger partial charge >= 0.3 is 0 Å². The molecule has 25 heavy (non-hydrogen) atoms. The average molecular weight is 346 g/mol. The molecule has 0 radical (unpaired) electrons. The van der Waals surface area contributed by atoms with Gasteiger partial charge in [0, 0.05) is 30.4 Å². The van der Waals surface area contributed by atoms with Gasteiger partial charge in [0.05, 0.1) is 11.5 Å². The Balaban J connectivity index is 1.49. The van der Waals surface area contributed by atoms with Crippen LogP contribution in [0.25, 0.3) is 0 Å². The third kappa shape index (κ3) is 4.99. The second-order valence-electron chi connectivity index (χ2n) is 6.98. The summed E-state index contributed by atoms with van der Waals surface area (Å²) in [7, 11) is 0. The number of amides is 1. The van der Waals surface area contributed by atoms with Crippen LogP contribution >= 0.6 is 0 Å². The van der Waals surface area contributed by atoms with Crippen molar-refractivity contribution in [1.82, 2.24) is 9.80 Å². The molecule has 3 rings (SSSR count). The largest absolute Gasteiger partial charge is 0.325 e. The summed E-state index contributed by atoms with van der Waals surface area (Å²) in [6, 6.07) is 6.42. The summed E-state index contributed by atoms with van der Waals surface area (Å²) in [5.74, 6) is -0.0561. The number of nitro groups is 1. The van der Waals surface area contributed by atoms with Gasteiger partial charge in [0.25, 0.3) is 5.69 Å². The lowest BCUT2D eigenvalue weighted by Crippen LogP contribution is -2.44. The molecule has 1 amide bonds. The fraction of sp³-hybridized carbons (Fsp3) is 0.611.